The lowest BCUT2D eigenvalue weighted by molar-refractivity contribution is -0.162. The van der Waals surface area contributed by atoms with Gasteiger partial charge in [0.15, 0.2) is 0 Å². The number of benzene rings is 1. The number of unbranched alkanes of at least 4 members (excludes halogenated alkanes) is 1. The summed E-state index contributed by atoms with van der Waals surface area (Å²) in [6, 6.07) is 10.8. The van der Waals surface area contributed by atoms with E-state index in [1.54, 1.807) is 0 Å². The number of piperidine rings is 1. The highest BCUT2D eigenvalue weighted by Crippen LogP contribution is 2.35. The van der Waals surface area contributed by atoms with E-state index in [1.165, 1.54) is 31.2 Å². The fraction of sp³-hybridized carbons (Fsp3) is 0.724. The van der Waals surface area contributed by atoms with Crippen molar-refractivity contribution in [2.24, 2.45) is 5.92 Å². The van der Waals surface area contributed by atoms with Gasteiger partial charge in [-0.25, -0.2) is 0 Å². The van der Waals surface area contributed by atoms with Crippen molar-refractivity contribution in [3.05, 3.63) is 35.9 Å². The minimum Gasteiger partial charge on any atom is -0.342 e. The van der Waals surface area contributed by atoms with Gasteiger partial charge in [-0.15, -0.1) is 0 Å². The molecule has 3 saturated heterocycles. The molecule has 6 heteroatoms. The molecule has 1 unspecified atom stereocenters. The zero-order chi connectivity index (χ0) is 24.8. The van der Waals surface area contributed by atoms with Crippen LogP contribution in [-0.4, -0.2) is 83.9 Å². The van der Waals surface area contributed by atoms with Gasteiger partial charge in [0.1, 0.15) is 11.6 Å². The first-order valence-corrected chi connectivity index (χ1v) is 14.0. The highest BCUT2D eigenvalue weighted by Gasteiger charge is 2.53. The average Bonchev–Trinajstić information content (AvgIpc) is 3.26. The highest BCUT2D eigenvalue weighted by atomic mass is 16.2. The zero-order valence-corrected chi connectivity index (χ0v) is 22.2. The standard InChI is InChI=1S/C29H46N4O2/c1-23(2)22-26-27(34)33(19-14-25-13-9-17-31(25)3)29(28(35)30-26)15-20-32(21-16-29)18-8-7-12-24-10-5-4-6-11-24/h4-6,10-11,23,25-26H,7-9,12-22H2,1-3H3,(H,30,35)/t25?,26-/m0/s1. The lowest BCUT2D eigenvalue weighted by Crippen LogP contribution is -2.73. The van der Waals surface area contributed by atoms with Crippen LogP contribution in [0.2, 0.25) is 0 Å². The van der Waals surface area contributed by atoms with Gasteiger partial charge >= 0.3 is 0 Å². The fourth-order valence-corrected chi connectivity index (χ4v) is 6.41. The van der Waals surface area contributed by atoms with Crippen LogP contribution in [0.5, 0.6) is 0 Å². The molecule has 0 saturated carbocycles. The van der Waals surface area contributed by atoms with Crippen molar-refractivity contribution in [1.82, 2.24) is 20.0 Å². The first-order valence-electron chi connectivity index (χ1n) is 14.0. The minimum atomic E-state index is -0.664. The first-order chi connectivity index (χ1) is 16.9. The third-order valence-corrected chi connectivity index (χ3v) is 8.59. The number of rotatable bonds is 10. The molecule has 3 fully saturated rings. The van der Waals surface area contributed by atoms with Crippen LogP contribution in [0.15, 0.2) is 30.3 Å². The second kappa shape index (κ2) is 11.9. The van der Waals surface area contributed by atoms with Gasteiger partial charge in [-0.1, -0.05) is 44.2 Å². The number of amides is 2. The van der Waals surface area contributed by atoms with E-state index in [2.05, 4.69) is 66.3 Å². The Morgan fingerprint density at radius 3 is 2.43 bits per heavy atom. The summed E-state index contributed by atoms with van der Waals surface area (Å²) in [5.41, 5.74) is 0.740. The molecule has 4 rings (SSSR count). The van der Waals surface area contributed by atoms with Crippen LogP contribution in [0.1, 0.15) is 70.8 Å². The van der Waals surface area contributed by atoms with E-state index >= 15 is 0 Å². The highest BCUT2D eigenvalue weighted by molar-refractivity contribution is 6.00. The molecule has 1 N–H and O–H groups in total. The van der Waals surface area contributed by atoms with Crippen LogP contribution in [-0.2, 0) is 16.0 Å². The van der Waals surface area contributed by atoms with Gasteiger partial charge in [-0.05, 0) is 89.4 Å². The molecule has 0 aromatic heterocycles. The van der Waals surface area contributed by atoms with E-state index in [-0.39, 0.29) is 17.9 Å². The van der Waals surface area contributed by atoms with Crippen molar-refractivity contribution in [3.8, 4) is 0 Å². The van der Waals surface area contributed by atoms with E-state index in [0.717, 1.165) is 51.9 Å². The Bertz CT molecular complexity index is 834. The molecule has 0 radical (unpaired) electrons. The summed E-state index contributed by atoms with van der Waals surface area (Å²) >= 11 is 0. The topological polar surface area (TPSA) is 55.9 Å². The van der Waals surface area contributed by atoms with Gasteiger partial charge in [0.05, 0.1) is 0 Å². The molecule has 3 aliphatic heterocycles. The Kier molecular flexibility index (Phi) is 8.87. The molecular weight excluding hydrogens is 436 g/mol. The number of aryl methyl sites for hydroxylation is 1. The normalized spacial score (nSPS) is 25.5. The van der Waals surface area contributed by atoms with Crippen LogP contribution in [0.4, 0.5) is 0 Å². The van der Waals surface area contributed by atoms with Gasteiger partial charge in [0.25, 0.3) is 0 Å². The molecule has 1 aromatic rings. The number of nitrogens with zero attached hydrogens (tertiary/aromatic N) is 3. The van der Waals surface area contributed by atoms with Gasteiger partial charge in [0, 0.05) is 25.7 Å². The van der Waals surface area contributed by atoms with E-state index in [0.29, 0.717) is 24.9 Å². The Labute approximate surface area is 212 Å². The van der Waals surface area contributed by atoms with Crippen LogP contribution < -0.4 is 5.32 Å². The van der Waals surface area contributed by atoms with Crippen molar-refractivity contribution in [3.63, 3.8) is 0 Å². The zero-order valence-electron chi connectivity index (χ0n) is 22.2. The predicted octanol–water partition coefficient (Wildman–Crippen LogP) is 3.70. The number of likely N-dealkylation sites (tertiary alicyclic amines) is 2. The molecule has 0 bridgehead atoms. The molecule has 3 heterocycles. The van der Waals surface area contributed by atoms with Crippen LogP contribution in [0.3, 0.4) is 0 Å². The Balaban J connectivity index is 1.36. The van der Waals surface area contributed by atoms with Crippen LogP contribution in [0, 0.1) is 5.92 Å². The van der Waals surface area contributed by atoms with E-state index in [4.69, 9.17) is 0 Å². The average molecular weight is 483 g/mol. The number of hydrogen-bond acceptors (Lipinski definition) is 4. The molecule has 194 valence electrons. The maximum atomic E-state index is 13.7. The van der Waals surface area contributed by atoms with Gasteiger partial charge in [-0.3, -0.25) is 9.59 Å². The van der Waals surface area contributed by atoms with Crippen molar-refractivity contribution >= 4 is 11.8 Å². The molecule has 6 nitrogen and oxygen atoms in total. The molecule has 35 heavy (non-hydrogen) atoms. The maximum absolute atomic E-state index is 13.7. The van der Waals surface area contributed by atoms with E-state index in [1.807, 2.05) is 4.90 Å². The molecule has 2 amide bonds. The summed E-state index contributed by atoms with van der Waals surface area (Å²) in [5, 5.41) is 3.15. The summed E-state index contributed by atoms with van der Waals surface area (Å²) in [7, 11) is 2.19. The maximum Gasteiger partial charge on any atom is 0.246 e. The summed E-state index contributed by atoms with van der Waals surface area (Å²) in [4.78, 5) is 34.2. The third kappa shape index (κ3) is 6.26. The summed E-state index contributed by atoms with van der Waals surface area (Å²) in [5.74, 6) is 0.611. The summed E-state index contributed by atoms with van der Waals surface area (Å²) in [6.07, 6.45) is 9.08. The summed E-state index contributed by atoms with van der Waals surface area (Å²) in [6.45, 7) is 8.94. The van der Waals surface area contributed by atoms with Crippen molar-refractivity contribution < 1.29 is 9.59 Å². The van der Waals surface area contributed by atoms with Gasteiger partial charge in [-0.2, -0.15) is 0 Å². The monoisotopic (exact) mass is 482 g/mol. The second-order valence-corrected chi connectivity index (χ2v) is 11.5. The second-order valence-electron chi connectivity index (χ2n) is 11.5. The lowest BCUT2D eigenvalue weighted by atomic mass is 9.80. The number of piperazine rings is 1. The molecule has 1 spiro atoms. The number of nitrogens with one attached hydrogen (secondary N) is 1. The van der Waals surface area contributed by atoms with Gasteiger partial charge in [0.2, 0.25) is 11.8 Å². The smallest absolute Gasteiger partial charge is 0.246 e. The van der Waals surface area contributed by atoms with Crippen molar-refractivity contribution in [2.75, 3.05) is 39.8 Å². The van der Waals surface area contributed by atoms with E-state index < -0.39 is 5.54 Å². The number of hydrogen-bond donors (Lipinski definition) is 1. The lowest BCUT2D eigenvalue weighted by Gasteiger charge is -2.52. The van der Waals surface area contributed by atoms with Crippen molar-refractivity contribution in [2.45, 2.75) is 89.3 Å². The first kappa shape index (κ1) is 26.2. The van der Waals surface area contributed by atoms with Gasteiger partial charge < -0.3 is 20.0 Å². The SMILES string of the molecule is CC(C)C[C@@H]1NC(=O)C2(CCN(CCCCc3ccccc3)CC2)N(CCC2CCCN2C)C1=O. The Morgan fingerprint density at radius 2 is 1.77 bits per heavy atom. The number of carbonyl (C=O) groups is 2. The quantitative estimate of drug-likeness (QED) is 0.517. The van der Waals surface area contributed by atoms with Crippen LogP contribution >= 0.6 is 0 Å². The molecule has 2 atom stereocenters. The minimum absolute atomic E-state index is 0.0891. The van der Waals surface area contributed by atoms with Crippen molar-refractivity contribution in [1.29, 1.82) is 0 Å². The molecular formula is C29H46N4O2. The molecule has 3 aliphatic rings. The largest absolute Gasteiger partial charge is 0.342 e. The third-order valence-electron chi connectivity index (χ3n) is 8.59. The molecule has 1 aromatic carbocycles. The molecule has 0 aliphatic carbocycles. The Hall–Kier alpha value is -1.92. The predicted molar refractivity (Wildman–Crippen MR) is 141 cm³/mol. The fourth-order valence-electron chi connectivity index (χ4n) is 6.41. The van der Waals surface area contributed by atoms with E-state index in [9.17, 15) is 9.59 Å². The summed E-state index contributed by atoms with van der Waals surface area (Å²) < 4.78 is 0. The van der Waals surface area contributed by atoms with Crippen LogP contribution in [0.25, 0.3) is 0 Å². The Morgan fingerprint density at radius 1 is 1.03 bits per heavy atom. The number of carbonyl (C=O) groups excluding carboxylic acids is 2.